The normalized spacial score (nSPS) is 20.1. The van der Waals surface area contributed by atoms with Crippen molar-refractivity contribution in [2.45, 2.75) is 37.4 Å². The number of benzene rings is 2. The maximum absolute atomic E-state index is 14.5. The number of likely N-dealkylation sites (tertiary alicyclic amines) is 1. The van der Waals surface area contributed by atoms with Gasteiger partial charge in [-0.3, -0.25) is 10.2 Å². The molecule has 35 heavy (non-hydrogen) atoms. The topological polar surface area (TPSA) is 62.2 Å². The maximum atomic E-state index is 14.5. The third-order valence-electron chi connectivity index (χ3n) is 6.56. The minimum absolute atomic E-state index is 0.0112. The smallest absolute Gasteiger partial charge is 0.333 e. The molecule has 3 aromatic rings. The van der Waals surface area contributed by atoms with Crippen LogP contribution in [-0.4, -0.2) is 52.6 Å². The molecule has 6 nitrogen and oxygen atoms in total. The van der Waals surface area contributed by atoms with Gasteiger partial charge in [-0.2, -0.15) is 18.3 Å². The number of nitrogens with one attached hydrogen (secondary N) is 2. The Morgan fingerprint density at radius 2 is 1.77 bits per heavy atom. The summed E-state index contributed by atoms with van der Waals surface area (Å²) < 4.78 is 55.4. The van der Waals surface area contributed by atoms with E-state index in [2.05, 4.69) is 15.7 Å². The molecule has 0 saturated carbocycles. The summed E-state index contributed by atoms with van der Waals surface area (Å²) in [6, 6.07) is 14.1. The second kappa shape index (κ2) is 9.33. The predicted octanol–water partition coefficient (Wildman–Crippen LogP) is 4.65. The molecular formula is C25H25F4N5O. The number of rotatable bonds is 5. The minimum atomic E-state index is -4.39. The van der Waals surface area contributed by atoms with E-state index in [1.165, 1.54) is 17.0 Å². The second-order valence-electron chi connectivity index (χ2n) is 9.02. The van der Waals surface area contributed by atoms with Crippen molar-refractivity contribution >= 4 is 11.8 Å². The van der Waals surface area contributed by atoms with Gasteiger partial charge in [0.15, 0.2) is 0 Å². The molecule has 10 heteroatoms. The van der Waals surface area contributed by atoms with Crippen molar-refractivity contribution < 1.29 is 22.4 Å². The van der Waals surface area contributed by atoms with Crippen LogP contribution in [0.3, 0.4) is 0 Å². The Bertz CT molecular complexity index is 1210. The summed E-state index contributed by atoms with van der Waals surface area (Å²) in [5, 5.41) is 10.4. The number of hydrogen-bond donors (Lipinski definition) is 2. The van der Waals surface area contributed by atoms with Crippen LogP contribution >= 0.6 is 0 Å². The van der Waals surface area contributed by atoms with E-state index in [0.29, 0.717) is 5.82 Å². The summed E-state index contributed by atoms with van der Waals surface area (Å²) in [5.41, 5.74) is 2.96. The molecule has 0 bridgehead atoms. The number of urea groups is 1. The van der Waals surface area contributed by atoms with E-state index in [9.17, 15) is 22.4 Å². The average molecular weight is 488 g/mol. The first-order valence-corrected chi connectivity index (χ1v) is 11.6. The number of fused-ring (bicyclic) bond motifs is 1. The SMILES string of the molecule is O=C(Nc1c2c(nn1-c1ccccc1)CCC2)NC1CN(CC(F)(F)F)CC1c1ccccc1F. The van der Waals surface area contributed by atoms with Crippen molar-refractivity contribution in [1.29, 1.82) is 0 Å². The number of carbonyl (C=O) groups excluding carboxylic acids is 1. The van der Waals surface area contributed by atoms with Crippen LogP contribution in [-0.2, 0) is 12.8 Å². The molecule has 2 aromatic carbocycles. The molecule has 1 saturated heterocycles. The third kappa shape index (κ3) is 5.02. The number of aromatic nitrogens is 2. The Hall–Kier alpha value is -3.40. The van der Waals surface area contributed by atoms with Gasteiger partial charge in [-0.25, -0.2) is 13.9 Å². The van der Waals surface area contributed by atoms with Gasteiger partial charge in [0.1, 0.15) is 11.6 Å². The first-order chi connectivity index (χ1) is 16.8. The largest absolute Gasteiger partial charge is 0.401 e. The molecule has 2 atom stereocenters. The van der Waals surface area contributed by atoms with Crippen LogP contribution in [0.2, 0.25) is 0 Å². The fraction of sp³-hybridized carbons (Fsp3) is 0.360. The van der Waals surface area contributed by atoms with Crippen molar-refractivity contribution in [3.63, 3.8) is 0 Å². The van der Waals surface area contributed by atoms with Crippen LogP contribution in [0, 0.1) is 5.82 Å². The van der Waals surface area contributed by atoms with Crippen LogP contribution in [0.4, 0.5) is 28.2 Å². The second-order valence-corrected chi connectivity index (χ2v) is 9.02. The van der Waals surface area contributed by atoms with E-state index >= 15 is 0 Å². The van der Waals surface area contributed by atoms with Gasteiger partial charge in [-0.05, 0) is 43.0 Å². The Morgan fingerprint density at radius 3 is 2.51 bits per heavy atom. The van der Waals surface area contributed by atoms with Crippen LogP contribution in [0.1, 0.15) is 29.2 Å². The summed E-state index contributed by atoms with van der Waals surface area (Å²) in [7, 11) is 0. The zero-order valence-electron chi connectivity index (χ0n) is 18.9. The zero-order chi connectivity index (χ0) is 24.6. The number of carbonyl (C=O) groups is 1. The molecule has 2 unspecified atom stereocenters. The van der Waals surface area contributed by atoms with E-state index in [-0.39, 0.29) is 18.7 Å². The molecule has 5 rings (SSSR count). The molecule has 0 spiro atoms. The number of hydrogen-bond acceptors (Lipinski definition) is 3. The Balaban J connectivity index is 1.38. The van der Waals surface area contributed by atoms with Crippen LogP contribution in [0.25, 0.3) is 5.69 Å². The van der Waals surface area contributed by atoms with Gasteiger partial charge in [-0.1, -0.05) is 36.4 Å². The lowest BCUT2D eigenvalue weighted by Crippen LogP contribution is -2.43. The molecule has 2 aliphatic rings. The zero-order valence-corrected chi connectivity index (χ0v) is 18.9. The Labute approximate surface area is 199 Å². The molecule has 1 aliphatic carbocycles. The fourth-order valence-corrected chi connectivity index (χ4v) is 5.09. The van der Waals surface area contributed by atoms with Gasteiger partial charge in [0.05, 0.1) is 24.0 Å². The van der Waals surface area contributed by atoms with E-state index in [1.54, 1.807) is 16.8 Å². The number of anilines is 1. The number of halogens is 4. The van der Waals surface area contributed by atoms with Gasteiger partial charge in [0.2, 0.25) is 0 Å². The van der Waals surface area contributed by atoms with Crippen molar-refractivity contribution in [2.24, 2.45) is 0 Å². The van der Waals surface area contributed by atoms with E-state index in [4.69, 9.17) is 0 Å². The maximum Gasteiger partial charge on any atom is 0.401 e. The highest BCUT2D eigenvalue weighted by atomic mass is 19.4. The minimum Gasteiger partial charge on any atom is -0.333 e. The van der Waals surface area contributed by atoms with Gasteiger partial charge in [-0.15, -0.1) is 0 Å². The molecular weight excluding hydrogens is 462 g/mol. The van der Waals surface area contributed by atoms with Gasteiger partial charge >= 0.3 is 12.2 Å². The lowest BCUT2D eigenvalue weighted by Gasteiger charge is -2.21. The lowest BCUT2D eigenvalue weighted by atomic mass is 9.94. The summed E-state index contributed by atoms with van der Waals surface area (Å²) in [6.45, 7) is -1.17. The van der Waals surface area contributed by atoms with Crippen molar-refractivity contribution in [3.05, 3.63) is 77.2 Å². The average Bonchev–Trinajstić information content (AvgIpc) is 3.50. The predicted molar refractivity (Wildman–Crippen MR) is 123 cm³/mol. The molecule has 1 aliphatic heterocycles. The quantitative estimate of drug-likeness (QED) is 0.515. The van der Waals surface area contributed by atoms with E-state index < -0.39 is 36.5 Å². The Kier molecular flexibility index (Phi) is 6.22. The van der Waals surface area contributed by atoms with E-state index in [0.717, 1.165) is 36.2 Å². The number of alkyl halides is 3. The molecule has 1 fully saturated rings. The standard InChI is InChI=1S/C25H25F4N5O/c26-20-11-5-4-9-17(20)19-13-33(15-25(27,28)29)14-22(19)30-24(35)31-23-18-10-6-12-21(18)32-34(23)16-7-2-1-3-8-16/h1-5,7-9,11,19,22H,6,10,12-15H2,(H2,30,31,35). The van der Waals surface area contributed by atoms with Crippen LogP contribution < -0.4 is 10.6 Å². The van der Waals surface area contributed by atoms with E-state index in [1.807, 2.05) is 30.3 Å². The van der Waals surface area contributed by atoms with Crippen molar-refractivity contribution in [2.75, 3.05) is 25.0 Å². The fourth-order valence-electron chi connectivity index (χ4n) is 5.09. The summed E-state index contributed by atoms with van der Waals surface area (Å²) in [6.07, 6.45) is -1.86. The van der Waals surface area contributed by atoms with Crippen LogP contribution in [0.5, 0.6) is 0 Å². The highest BCUT2D eigenvalue weighted by molar-refractivity contribution is 5.90. The van der Waals surface area contributed by atoms with Gasteiger partial charge < -0.3 is 5.32 Å². The molecule has 2 amide bonds. The summed E-state index contributed by atoms with van der Waals surface area (Å²) in [4.78, 5) is 14.3. The lowest BCUT2D eigenvalue weighted by molar-refractivity contribution is -0.143. The van der Waals surface area contributed by atoms with Crippen molar-refractivity contribution in [1.82, 2.24) is 20.0 Å². The van der Waals surface area contributed by atoms with Gasteiger partial charge in [0.25, 0.3) is 0 Å². The Morgan fingerprint density at radius 1 is 1.03 bits per heavy atom. The highest BCUT2D eigenvalue weighted by Gasteiger charge is 2.41. The van der Waals surface area contributed by atoms with Crippen molar-refractivity contribution in [3.8, 4) is 5.69 Å². The third-order valence-corrected chi connectivity index (χ3v) is 6.56. The first-order valence-electron chi connectivity index (χ1n) is 11.6. The highest BCUT2D eigenvalue weighted by Crippen LogP contribution is 2.33. The molecule has 184 valence electrons. The molecule has 1 aromatic heterocycles. The number of para-hydroxylation sites is 1. The molecule has 0 radical (unpaired) electrons. The molecule has 2 N–H and O–H groups in total. The molecule has 2 heterocycles. The van der Waals surface area contributed by atoms with Gasteiger partial charge in [0, 0.05) is 24.6 Å². The summed E-state index contributed by atoms with van der Waals surface area (Å²) in [5.74, 6) is -0.568. The number of aryl methyl sites for hydroxylation is 1. The van der Waals surface area contributed by atoms with Crippen LogP contribution in [0.15, 0.2) is 54.6 Å². The first kappa shape index (κ1) is 23.3. The number of nitrogens with zero attached hydrogens (tertiary/aromatic N) is 3. The summed E-state index contributed by atoms with van der Waals surface area (Å²) >= 11 is 0. The number of amides is 2. The monoisotopic (exact) mass is 487 g/mol.